The van der Waals surface area contributed by atoms with E-state index in [2.05, 4.69) is 0 Å². The molecule has 2 N–H and O–H groups in total. The number of rotatable bonds is 1. The largest absolute Gasteiger partial charge is 0.324 e. The standard InChI is InChI=1S/C7H13NO/c1-5(9)6(2)4-7(6,3)8/h4,8H2,1-3H3. The molecule has 0 radical (unpaired) electrons. The molecule has 0 aliphatic heterocycles. The fourth-order valence-electron chi connectivity index (χ4n) is 1.22. The van der Waals surface area contributed by atoms with E-state index in [1.807, 2.05) is 13.8 Å². The van der Waals surface area contributed by atoms with Crippen LogP contribution in [0.2, 0.25) is 0 Å². The molecule has 0 saturated heterocycles. The molecule has 0 bridgehead atoms. The molecular formula is C7H13NO. The first-order chi connectivity index (χ1) is 3.90. The van der Waals surface area contributed by atoms with Crippen molar-refractivity contribution in [3.8, 4) is 0 Å². The van der Waals surface area contributed by atoms with E-state index in [0.29, 0.717) is 0 Å². The molecule has 1 saturated carbocycles. The van der Waals surface area contributed by atoms with Crippen LogP contribution >= 0.6 is 0 Å². The van der Waals surface area contributed by atoms with Gasteiger partial charge in [0.05, 0.1) is 0 Å². The van der Waals surface area contributed by atoms with Crippen LogP contribution in [0.3, 0.4) is 0 Å². The molecule has 0 amide bonds. The van der Waals surface area contributed by atoms with Gasteiger partial charge in [0.25, 0.3) is 0 Å². The molecule has 2 nitrogen and oxygen atoms in total. The smallest absolute Gasteiger partial charge is 0.137 e. The first-order valence-electron chi connectivity index (χ1n) is 3.20. The summed E-state index contributed by atoms with van der Waals surface area (Å²) in [5.74, 6) is 0.215. The lowest BCUT2D eigenvalue weighted by atomic mass is 10.00. The van der Waals surface area contributed by atoms with Gasteiger partial charge >= 0.3 is 0 Å². The molecule has 1 rings (SSSR count). The lowest BCUT2D eigenvalue weighted by molar-refractivity contribution is -0.121. The zero-order valence-corrected chi connectivity index (χ0v) is 6.19. The Balaban J connectivity index is 2.74. The highest BCUT2D eigenvalue weighted by Crippen LogP contribution is 2.54. The van der Waals surface area contributed by atoms with Crippen LogP contribution < -0.4 is 5.73 Å². The minimum atomic E-state index is -0.223. The number of ketones is 1. The third kappa shape index (κ3) is 0.697. The number of carbonyl (C=O) groups excluding carboxylic acids is 1. The molecule has 0 aromatic rings. The molecule has 0 heterocycles. The number of hydrogen-bond acceptors (Lipinski definition) is 2. The zero-order chi connectivity index (χ0) is 7.28. The minimum Gasteiger partial charge on any atom is -0.324 e. The lowest BCUT2D eigenvalue weighted by Gasteiger charge is -2.08. The van der Waals surface area contributed by atoms with Crippen LogP contribution in [0.1, 0.15) is 27.2 Å². The summed E-state index contributed by atoms with van der Waals surface area (Å²) in [5.41, 5.74) is 5.29. The van der Waals surface area contributed by atoms with Gasteiger partial charge < -0.3 is 5.73 Å². The molecular weight excluding hydrogens is 114 g/mol. The van der Waals surface area contributed by atoms with E-state index in [4.69, 9.17) is 5.73 Å². The summed E-state index contributed by atoms with van der Waals surface area (Å²) in [6.07, 6.45) is 0.843. The average molecular weight is 127 g/mol. The van der Waals surface area contributed by atoms with Crippen LogP contribution in [0.25, 0.3) is 0 Å². The van der Waals surface area contributed by atoms with Crippen molar-refractivity contribution in [1.29, 1.82) is 0 Å². The topological polar surface area (TPSA) is 43.1 Å². The third-order valence-electron chi connectivity index (χ3n) is 2.63. The van der Waals surface area contributed by atoms with E-state index in [-0.39, 0.29) is 16.7 Å². The second kappa shape index (κ2) is 1.37. The SMILES string of the molecule is CC(=O)C1(C)CC1(C)N. The maximum absolute atomic E-state index is 10.9. The van der Waals surface area contributed by atoms with Crippen molar-refractivity contribution in [3.05, 3.63) is 0 Å². The summed E-state index contributed by atoms with van der Waals surface area (Å²) in [6.45, 7) is 5.46. The summed E-state index contributed by atoms with van der Waals surface area (Å²) in [5, 5.41) is 0. The summed E-state index contributed by atoms with van der Waals surface area (Å²) < 4.78 is 0. The normalized spacial score (nSPS) is 48.9. The Kier molecular flexibility index (Phi) is 1.03. The molecule has 0 aromatic carbocycles. The van der Waals surface area contributed by atoms with E-state index in [1.165, 1.54) is 0 Å². The fourth-order valence-corrected chi connectivity index (χ4v) is 1.22. The van der Waals surface area contributed by atoms with E-state index in [9.17, 15) is 4.79 Å². The Morgan fingerprint density at radius 3 is 1.89 bits per heavy atom. The quantitative estimate of drug-likeness (QED) is 0.563. The van der Waals surface area contributed by atoms with Crippen LogP contribution in [-0.2, 0) is 4.79 Å². The number of nitrogens with two attached hydrogens (primary N) is 1. The van der Waals surface area contributed by atoms with Crippen molar-refractivity contribution in [2.45, 2.75) is 32.7 Å². The van der Waals surface area contributed by atoms with Crippen LogP contribution in [0.15, 0.2) is 0 Å². The second-order valence-corrected chi connectivity index (χ2v) is 3.48. The maximum atomic E-state index is 10.9. The van der Waals surface area contributed by atoms with Gasteiger partial charge in [-0.1, -0.05) is 6.92 Å². The Morgan fingerprint density at radius 2 is 1.89 bits per heavy atom. The predicted molar refractivity (Wildman–Crippen MR) is 36.0 cm³/mol. The van der Waals surface area contributed by atoms with Gasteiger partial charge in [-0.25, -0.2) is 0 Å². The highest BCUT2D eigenvalue weighted by molar-refractivity contribution is 5.87. The molecule has 2 atom stereocenters. The molecule has 1 aliphatic carbocycles. The average Bonchev–Trinajstić information content (AvgIpc) is 2.08. The van der Waals surface area contributed by atoms with Gasteiger partial charge in [-0.05, 0) is 20.3 Å². The first-order valence-corrected chi connectivity index (χ1v) is 3.20. The van der Waals surface area contributed by atoms with Gasteiger partial charge in [-0.15, -0.1) is 0 Å². The van der Waals surface area contributed by atoms with E-state index in [1.54, 1.807) is 6.92 Å². The molecule has 9 heavy (non-hydrogen) atoms. The highest BCUT2D eigenvalue weighted by Gasteiger charge is 2.61. The molecule has 2 heteroatoms. The van der Waals surface area contributed by atoms with Crippen LogP contribution in [-0.4, -0.2) is 11.3 Å². The van der Waals surface area contributed by atoms with Crippen molar-refractivity contribution in [2.75, 3.05) is 0 Å². The number of hydrogen-bond donors (Lipinski definition) is 1. The van der Waals surface area contributed by atoms with E-state index < -0.39 is 0 Å². The molecule has 52 valence electrons. The van der Waals surface area contributed by atoms with Crippen molar-refractivity contribution in [3.63, 3.8) is 0 Å². The monoisotopic (exact) mass is 127 g/mol. The summed E-state index contributed by atoms with van der Waals surface area (Å²) in [6, 6.07) is 0. The summed E-state index contributed by atoms with van der Waals surface area (Å²) >= 11 is 0. The van der Waals surface area contributed by atoms with E-state index in [0.717, 1.165) is 6.42 Å². The van der Waals surface area contributed by atoms with Crippen molar-refractivity contribution in [1.82, 2.24) is 0 Å². The first kappa shape index (κ1) is 6.75. The van der Waals surface area contributed by atoms with Crippen LogP contribution in [0, 0.1) is 5.41 Å². The number of Topliss-reactive ketones (excluding diaryl/α,β-unsaturated/α-hetero) is 1. The molecule has 1 fully saturated rings. The van der Waals surface area contributed by atoms with Gasteiger partial charge in [0.2, 0.25) is 0 Å². The minimum absolute atomic E-state index is 0.215. The predicted octanol–water partition coefficient (Wildman–Crippen LogP) is 0.703. The number of carbonyl (C=O) groups is 1. The van der Waals surface area contributed by atoms with Crippen molar-refractivity contribution in [2.24, 2.45) is 11.1 Å². The van der Waals surface area contributed by atoms with Gasteiger partial charge in [0.15, 0.2) is 0 Å². The van der Waals surface area contributed by atoms with Crippen LogP contribution in [0.5, 0.6) is 0 Å². The third-order valence-corrected chi connectivity index (χ3v) is 2.63. The van der Waals surface area contributed by atoms with Gasteiger partial charge in [-0.3, -0.25) is 4.79 Å². The van der Waals surface area contributed by atoms with Gasteiger partial charge in [-0.2, -0.15) is 0 Å². The Hall–Kier alpha value is -0.370. The van der Waals surface area contributed by atoms with E-state index >= 15 is 0 Å². The molecule has 0 spiro atoms. The molecule has 1 aliphatic rings. The van der Waals surface area contributed by atoms with Gasteiger partial charge in [0, 0.05) is 11.0 Å². The second-order valence-electron chi connectivity index (χ2n) is 3.48. The highest BCUT2D eigenvalue weighted by atomic mass is 16.1. The molecule has 0 aromatic heterocycles. The maximum Gasteiger partial charge on any atom is 0.137 e. The summed E-state index contributed by atoms with van der Waals surface area (Å²) in [7, 11) is 0. The Bertz CT molecular complexity index is 162. The van der Waals surface area contributed by atoms with Crippen molar-refractivity contribution >= 4 is 5.78 Å². The molecule has 2 unspecified atom stereocenters. The fraction of sp³-hybridized carbons (Fsp3) is 0.857. The Labute approximate surface area is 55.4 Å². The summed E-state index contributed by atoms with van der Waals surface area (Å²) in [4.78, 5) is 10.9. The zero-order valence-electron chi connectivity index (χ0n) is 6.19. The lowest BCUT2D eigenvalue weighted by Crippen LogP contribution is -2.29. The Morgan fingerprint density at radius 1 is 1.56 bits per heavy atom. The van der Waals surface area contributed by atoms with Crippen LogP contribution in [0.4, 0.5) is 0 Å². The van der Waals surface area contributed by atoms with Crippen molar-refractivity contribution < 1.29 is 4.79 Å². The van der Waals surface area contributed by atoms with Gasteiger partial charge in [0.1, 0.15) is 5.78 Å².